The minimum atomic E-state index is -4.19. The maximum absolute atomic E-state index is 13.7. The van der Waals surface area contributed by atoms with Gasteiger partial charge < -0.3 is 14.8 Å². The maximum Gasteiger partial charge on any atom is 0.324 e. The normalized spacial score (nSPS) is 11.5. The summed E-state index contributed by atoms with van der Waals surface area (Å²) in [5.41, 5.74) is 1.19. The Morgan fingerprint density at radius 3 is 2.17 bits per heavy atom. The largest absolute Gasteiger partial charge is 0.465 e. The number of hydrogen-bond acceptors (Lipinski definition) is 7. The highest BCUT2D eigenvalue weighted by Gasteiger charge is 2.36. The van der Waals surface area contributed by atoms with Gasteiger partial charge in [0.25, 0.3) is 15.9 Å². The number of esters is 2. The van der Waals surface area contributed by atoms with Crippen molar-refractivity contribution in [1.29, 1.82) is 0 Å². The summed E-state index contributed by atoms with van der Waals surface area (Å²) in [7, 11) is -4.19. The Kier molecular flexibility index (Phi) is 8.79. The summed E-state index contributed by atoms with van der Waals surface area (Å²) < 4.78 is 52.1. The van der Waals surface area contributed by atoms with Crippen LogP contribution in [0.3, 0.4) is 0 Å². The lowest BCUT2D eigenvalue weighted by molar-refractivity contribution is -0.156. The van der Waals surface area contributed by atoms with Gasteiger partial charge in [-0.05, 0) is 69.3 Å². The molecule has 0 atom stereocenters. The van der Waals surface area contributed by atoms with Crippen molar-refractivity contribution in [2.45, 2.75) is 31.6 Å². The van der Waals surface area contributed by atoms with Crippen molar-refractivity contribution in [3.8, 4) is 0 Å². The van der Waals surface area contributed by atoms with Crippen LogP contribution in [0.25, 0.3) is 10.9 Å². The van der Waals surface area contributed by atoms with Gasteiger partial charge >= 0.3 is 11.9 Å². The van der Waals surface area contributed by atoms with Crippen LogP contribution < -0.4 is 5.32 Å². The Labute approximate surface area is 240 Å². The molecule has 0 fully saturated rings. The van der Waals surface area contributed by atoms with Crippen molar-refractivity contribution in [1.82, 2.24) is 3.97 Å². The van der Waals surface area contributed by atoms with E-state index in [0.717, 1.165) is 21.7 Å². The predicted molar refractivity (Wildman–Crippen MR) is 151 cm³/mol. The van der Waals surface area contributed by atoms with Crippen LogP contribution in [0, 0.1) is 12.7 Å². The number of nitrogens with zero attached hydrogens (tertiary/aromatic N) is 1. The van der Waals surface area contributed by atoms with Crippen molar-refractivity contribution in [3.05, 3.63) is 94.4 Å². The van der Waals surface area contributed by atoms with Crippen LogP contribution in [-0.4, -0.2) is 43.4 Å². The molecule has 0 radical (unpaired) electrons. The Hall–Kier alpha value is -4.22. The van der Waals surface area contributed by atoms with E-state index >= 15 is 0 Å². The summed E-state index contributed by atoms with van der Waals surface area (Å²) in [6, 6.07) is 13.8. The molecule has 0 saturated carbocycles. The summed E-state index contributed by atoms with van der Waals surface area (Å²) in [5, 5.41) is 2.70. The van der Waals surface area contributed by atoms with Gasteiger partial charge in [-0.25, -0.2) is 16.8 Å². The molecular formula is C29H26ClFN2O7S. The number of aryl methyl sites for hydroxylation is 1. The van der Waals surface area contributed by atoms with E-state index in [9.17, 15) is 27.2 Å². The highest BCUT2D eigenvalue weighted by atomic mass is 35.5. The number of ether oxygens (including phenoxy) is 2. The van der Waals surface area contributed by atoms with Crippen LogP contribution in [0.4, 0.5) is 10.1 Å². The third-order valence-electron chi connectivity index (χ3n) is 6.17. The SMILES string of the molecule is CCOC(=O)C(C(=O)OCC)c1cn(S(=O)(=O)c2ccc(C)cc2)c2ccc(NC(=O)c3ccc(F)cc3Cl)cc12. The van der Waals surface area contributed by atoms with Crippen molar-refractivity contribution >= 4 is 56.1 Å². The van der Waals surface area contributed by atoms with E-state index in [1.54, 1.807) is 26.0 Å². The number of aromatic nitrogens is 1. The quantitative estimate of drug-likeness (QED) is 0.200. The molecule has 0 unspecified atom stereocenters. The molecule has 0 saturated heterocycles. The predicted octanol–water partition coefficient (Wildman–Crippen LogP) is 5.44. The Bertz CT molecular complexity index is 1730. The van der Waals surface area contributed by atoms with E-state index in [0.29, 0.717) is 0 Å². The first-order chi connectivity index (χ1) is 19.5. The smallest absolute Gasteiger partial charge is 0.324 e. The number of carbonyl (C=O) groups excluding carboxylic acids is 3. The number of rotatable bonds is 9. The second-order valence-electron chi connectivity index (χ2n) is 8.95. The lowest BCUT2D eigenvalue weighted by Gasteiger charge is -2.14. The lowest BCUT2D eigenvalue weighted by Crippen LogP contribution is -2.26. The van der Waals surface area contributed by atoms with Gasteiger partial charge in [-0.2, -0.15) is 0 Å². The third kappa shape index (κ3) is 6.10. The zero-order valence-electron chi connectivity index (χ0n) is 22.3. The molecule has 1 amide bonds. The average molecular weight is 601 g/mol. The molecule has 41 heavy (non-hydrogen) atoms. The van der Waals surface area contributed by atoms with Crippen LogP contribution in [0.5, 0.6) is 0 Å². The van der Waals surface area contributed by atoms with Gasteiger partial charge in [0.15, 0.2) is 5.92 Å². The first-order valence-corrected chi connectivity index (χ1v) is 14.4. The van der Waals surface area contributed by atoms with Gasteiger partial charge in [-0.15, -0.1) is 0 Å². The number of nitrogens with one attached hydrogen (secondary N) is 1. The van der Waals surface area contributed by atoms with Crippen molar-refractivity contribution in [2.24, 2.45) is 0 Å². The Balaban J connectivity index is 1.90. The van der Waals surface area contributed by atoms with Crippen LogP contribution in [0.1, 0.15) is 41.3 Å². The summed E-state index contributed by atoms with van der Waals surface area (Å²) in [6.45, 7) is 4.89. The first-order valence-electron chi connectivity index (χ1n) is 12.5. The lowest BCUT2D eigenvalue weighted by atomic mass is 9.98. The highest BCUT2D eigenvalue weighted by Crippen LogP contribution is 2.34. The second kappa shape index (κ2) is 12.1. The van der Waals surface area contributed by atoms with Gasteiger partial charge in [0.1, 0.15) is 5.82 Å². The molecule has 1 heterocycles. The minimum Gasteiger partial charge on any atom is -0.465 e. The summed E-state index contributed by atoms with van der Waals surface area (Å²) in [5.74, 6) is -4.73. The van der Waals surface area contributed by atoms with E-state index < -0.39 is 39.6 Å². The standard InChI is InChI=1S/C29H26ClFN2O7S/c1-4-39-28(35)26(29(36)40-5-2)23-16-33(41(37,38)20-10-6-17(3)7-11-20)25-13-9-19(15-22(23)25)32-27(34)21-12-8-18(31)14-24(21)30/h6-16,26H,4-5H2,1-3H3,(H,32,34). The van der Waals surface area contributed by atoms with Crippen LogP contribution in [0.2, 0.25) is 5.02 Å². The molecule has 4 aromatic rings. The highest BCUT2D eigenvalue weighted by molar-refractivity contribution is 7.90. The molecule has 0 aliphatic rings. The summed E-state index contributed by atoms with van der Waals surface area (Å²) >= 11 is 6.03. The van der Waals surface area contributed by atoms with Gasteiger partial charge in [0.2, 0.25) is 0 Å². The summed E-state index contributed by atoms with van der Waals surface area (Å²) in [4.78, 5) is 38.9. The van der Waals surface area contributed by atoms with Crippen molar-refractivity contribution < 1.29 is 36.7 Å². The molecular weight excluding hydrogens is 575 g/mol. The molecule has 0 aliphatic carbocycles. The molecule has 1 N–H and O–H groups in total. The van der Waals surface area contributed by atoms with Crippen LogP contribution in [-0.2, 0) is 29.1 Å². The third-order valence-corrected chi connectivity index (χ3v) is 8.17. The summed E-state index contributed by atoms with van der Waals surface area (Å²) in [6.07, 6.45) is 1.18. The maximum atomic E-state index is 13.7. The second-order valence-corrected chi connectivity index (χ2v) is 11.2. The fourth-order valence-electron chi connectivity index (χ4n) is 4.23. The van der Waals surface area contributed by atoms with Gasteiger partial charge in [-0.1, -0.05) is 29.3 Å². The van der Waals surface area contributed by atoms with Gasteiger partial charge in [0, 0.05) is 22.8 Å². The van der Waals surface area contributed by atoms with Gasteiger partial charge in [0.05, 0.1) is 34.2 Å². The molecule has 214 valence electrons. The number of amides is 1. The monoisotopic (exact) mass is 600 g/mol. The molecule has 1 aromatic heterocycles. The van der Waals surface area contributed by atoms with E-state index in [1.165, 1.54) is 42.6 Å². The fraction of sp³-hybridized carbons (Fsp3) is 0.207. The molecule has 0 aliphatic heterocycles. The van der Waals surface area contributed by atoms with E-state index in [1.807, 2.05) is 6.92 Å². The molecule has 0 spiro atoms. The zero-order valence-corrected chi connectivity index (χ0v) is 23.9. The average Bonchev–Trinajstić information content (AvgIpc) is 3.28. The number of benzene rings is 3. The number of carbonyl (C=O) groups is 3. The van der Waals surface area contributed by atoms with E-state index in [4.69, 9.17) is 21.1 Å². The van der Waals surface area contributed by atoms with Crippen LogP contribution in [0.15, 0.2) is 71.8 Å². The molecule has 9 nitrogen and oxygen atoms in total. The number of halogens is 2. The van der Waals surface area contributed by atoms with E-state index in [-0.39, 0.29) is 50.8 Å². The van der Waals surface area contributed by atoms with Crippen molar-refractivity contribution in [3.63, 3.8) is 0 Å². The molecule has 3 aromatic carbocycles. The van der Waals surface area contributed by atoms with Crippen LogP contribution >= 0.6 is 11.6 Å². The number of anilines is 1. The van der Waals surface area contributed by atoms with Crippen molar-refractivity contribution in [2.75, 3.05) is 18.5 Å². The first kappa shape index (κ1) is 29.8. The fourth-order valence-corrected chi connectivity index (χ4v) is 5.86. The Morgan fingerprint density at radius 2 is 1.59 bits per heavy atom. The van der Waals surface area contributed by atoms with E-state index in [2.05, 4.69) is 5.32 Å². The Morgan fingerprint density at radius 1 is 0.951 bits per heavy atom. The molecule has 0 bridgehead atoms. The molecule has 12 heteroatoms. The van der Waals surface area contributed by atoms with Gasteiger partial charge in [-0.3, -0.25) is 14.4 Å². The zero-order chi connectivity index (χ0) is 29.9. The topological polar surface area (TPSA) is 121 Å². The number of fused-ring (bicyclic) bond motifs is 1. The molecule has 4 rings (SSSR count). The number of hydrogen-bond donors (Lipinski definition) is 1. The minimum absolute atomic E-state index is 0.00324.